The van der Waals surface area contributed by atoms with Gasteiger partial charge in [-0.15, -0.1) is 0 Å². The van der Waals surface area contributed by atoms with Gasteiger partial charge in [-0.1, -0.05) is 60.7 Å². The quantitative estimate of drug-likeness (QED) is 0.259. The summed E-state index contributed by atoms with van der Waals surface area (Å²) in [6, 6.07) is 28.2. The smallest absolute Gasteiger partial charge is 0.338 e. The Labute approximate surface area is 243 Å². The van der Waals surface area contributed by atoms with Gasteiger partial charge in [0, 0.05) is 17.5 Å². The highest BCUT2D eigenvalue weighted by Crippen LogP contribution is 2.61. The summed E-state index contributed by atoms with van der Waals surface area (Å²) in [5.74, 6) is -2.88. The van der Waals surface area contributed by atoms with Crippen LogP contribution in [0.25, 0.3) is 0 Å². The van der Waals surface area contributed by atoms with Gasteiger partial charge in [-0.25, -0.2) is 9.69 Å². The molecule has 1 saturated heterocycles. The zero-order valence-corrected chi connectivity index (χ0v) is 23.2. The predicted molar refractivity (Wildman–Crippen MR) is 157 cm³/mol. The normalized spacial score (nSPS) is 21.4. The summed E-state index contributed by atoms with van der Waals surface area (Å²) in [4.78, 5) is 54.2. The van der Waals surface area contributed by atoms with E-state index in [4.69, 9.17) is 4.74 Å². The Balaban J connectivity index is 1.09. The van der Waals surface area contributed by atoms with E-state index in [0.717, 1.165) is 33.4 Å². The van der Waals surface area contributed by atoms with Crippen LogP contribution in [0.15, 0.2) is 91.0 Å². The molecule has 0 spiro atoms. The first-order valence-corrected chi connectivity index (χ1v) is 14.0. The zero-order chi connectivity index (χ0) is 29.1. The number of carbonyl (C=O) groups is 4. The van der Waals surface area contributed by atoms with Gasteiger partial charge in [0.2, 0.25) is 11.8 Å². The third-order valence-electron chi connectivity index (χ3n) is 8.81. The largest absolute Gasteiger partial charge is 0.452 e. The number of benzene rings is 4. The SMILES string of the molecule is Cc1ccc(C)c(NC(=O)COC(=O)c2ccc(N3C(=O)[C@@H]4C5c6ccccc6C(c6ccccc65)[C@@H]4C3=O)cc2)c1. The highest BCUT2D eigenvalue weighted by Gasteiger charge is 2.61. The molecule has 1 N–H and O–H groups in total. The van der Waals surface area contributed by atoms with Crippen molar-refractivity contribution in [1.29, 1.82) is 0 Å². The molecule has 1 aliphatic heterocycles. The Morgan fingerprint density at radius 1 is 0.738 bits per heavy atom. The van der Waals surface area contributed by atoms with Gasteiger partial charge in [0.15, 0.2) is 6.61 Å². The van der Waals surface area contributed by atoms with Crippen molar-refractivity contribution in [2.75, 3.05) is 16.8 Å². The second-order valence-electron chi connectivity index (χ2n) is 11.3. The molecule has 2 bridgehead atoms. The number of nitrogens with one attached hydrogen (secondary N) is 1. The van der Waals surface area contributed by atoms with Crippen LogP contribution in [-0.4, -0.2) is 30.3 Å². The molecule has 7 heteroatoms. The molecule has 0 radical (unpaired) electrons. The van der Waals surface area contributed by atoms with Crippen LogP contribution in [0.3, 0.4) is 0 Å². The third-order valence-corrected chi connectivity index (χ3v) is 8.81. The number of imide groups is 1. The molecule has 0 unspecified atom stereocenters. The van der Waals surface area contributed by atoms with Gasteiger partial charge in [-0.3, -0.25) is 14.4 Å². The summed E-state index contributed by atoms with van der Waals surface area (Å²) < 4.78 is 5.23. The highest BCUT2D eigenvalue weighted by molar-refractivity contribution is 6.23. The van der Waals surface area contributed by atoms with Crippen LogP contribution in [0, 0.1) is 25.7 Å². The summed E-state index contributed by atoms with van der Waals surface area (Å²) in [5.41, 5.74) is 7.67. The number of carbonyl (C=O) groups excluding carboxylic acids is 4. The Hall–Kier alpha value is -5.04. The second-order valence-corrected chi connectivity index (χ2v) is 11.3. The van der Waals surface area contributed by atoms with Crippen molar-refractivity contribution >= 4 is 35.1 Å². The van der Waals surface area contributed by atoms with E-state index in [9.17, 15) is 19.2 Å². The van der Waals surface area contributed by atoms with Gasteiger partial charge in [0.1, 0.15) is 0 Å². The number of amides is 3. The van der Waals surface area contributed by atoms with Gasteiger partial charge in [-0.2, -0.15) is 0 Å². The monoisotopic (exact) mass is 556 g/mol. The molecule has 3 aliphatic carbocycles. The number of rotatable bonds is 5. The van der Waals surface area contributed by atoms with E-state index in [1.807, 2.05) is 56.3 Å². The van der Waals surface area contributed by atoms with E-state index in [-0.39, 0.29) is 29.2 Å². The molecule has 1 heterocycles. The van der Waals surface area contributed by atoms with E-state index in [0.29, 0.717) is 11.4 Å². The van der Waals surface area contributed by atoms with Crippen LogP contribution in [-0.2, 0) is 19.1 Å². The first kappa shape index (κ1) is 25.9. The molecule has 0 aromatic heterocycles. The molecule has 4 aromatic rings. The summed E-state index contributed by atoms with van der Waals surface area (Å²) in [5, 5.41) is 2.77. The second kappa shape index (κ2) is 9.80. The fourth-order valence-electron chi connectivity index (χ4n) is 6.95. The van der Waals surface area contributed by atoms with Crippen molar-refractivity contribution in [2.24, 2.45) is 11.8 Å². The van der Waals surface area contributed by atoms with Crippen LogP contribution in [0.4, 0.5) is 11.4 Å². The molecule has 2 atom stereocenters. The van der Waals surface area contributed by atoms with Gasteiger partial charge >= 0.3 is 5.97 Å². The summed E-state index contributed by atoms with van der Waals surface area (Å²) in [7, 11) is 0. The average Bonchev–Trinajstić information content (AvgIpc) is 3.27. The molecule has 3 amide bonds. The minimum atomic E-state index is -0.672. The van der Waals surface area contributed by atoms with Crippen LogP contribution in [0.5, 0.6) is 0 Å². The molecule has 208 valence electrons. The highest BCUT2D eigenvalue weighted by atomic mass is 16.5. The van der Waals surface area contributed by atoms with E-state index in [1.165, 1.54) is 17.0 Å². The molecule has 4 aliphatic rings. The predicted octanol–water partition coefficient (Wildman–Crippen LogP) is 5.50. The number of nitrogens with zero attached hydrogens (tertiary/aromatic N) is 1. The van der Waals surface area contributed by atoms with Crippen molar-refractivity contribution < 1.29 is 23.9 Å². The lowest BCUT2D eigenvalue weighted by Gasteiger charge is -2.45. The Bertz CT molecular complexity index is 1680. The van der Waals surface area contributed by atoms with Gasteiger partial charge in [0.05, 0.1) is 23.1 Å². The summed E-state index contributed by atoms with van der Waals surface area (Å²) in [6.45, 7) is 3.37. The number of aryl methyl sites for hydroxylation is 2. The lowest BCUT2D eigenvalue weighted by molar-refractivity contribution is -0.122. The van der Waals surface area contributed by atoms with E-state index < -0.39 is 30.3 Å². The van der Waals surface area contributed by atoms with Crippen LogP contribution < -0.4 is 10.2 Å². The maximum absolute atomic E-state index is 13.9. The first-order valence-electron chi connectivity index (χ1n) is 14.0. The maximum Gasteiger partial charge on any atom is 0.338 e. The topological polar surface area (TPSA) is 92.8 Å². The lowest BCUT2D eigenvalue weighted by Crippen LogP contribution is -2.41. The number of esters is 1. The third kappa shape index (κ3) is 3.96. The first-order chi connectivity index (χ1) is 20.3. The summed E-state index contributed by atoms with van der Waals surface area (Å²) in [6.07, 6.45) is 0. The summed E-state index contributed by atoms with van der Waals surface area (Å²) >= 11 is 0. The molecule has 42 heavy (non-hydrogen) atoms. The van der Waals surface area contributed by atoms with Crippen molar-refractivity contribution in [3.8, 4) is 0 Å². The number of hydrogen-bond donors (Lipinski definition) is 1. The van der Waals surface area contributed by atoms with Crippen molar-refractivity contribution in [3.63, 3.8) is 0 Å². The lowest BCUT2D eigenvalue weighted by atomic mass is 9.55. The maximum atomic E-state index is 13.9. The Kier molecular flexibility index (Phi) is 6.04. The minimum absolute atomic E-state index is 0.183. The van der Waals surface area contributed by atoms with Crippen LogP contribution in [0.1, 0.15) is 55.6 Å². The fraction of sp³-hybridized carbons (Fsp3) is 0.200. The van der Waals surface area contributed by atoms with Crippen molar-refractivity contribution in [1.82, 2.24) is 0 Å². The molecular formula is C35H28N2O5. The fourth-order valence-corrected chi connectivity index (χ4v) is 6.95. The van der Waals surface area contributed by atoms with Gasteiger partial charge in [0.25, 0.3) is 5.91 Å². The average molecular weight is 557 g/mol. The van der Waals surface area contributed by atoms with Crippen molar-refractivity contribution in [2.45, 2.75) is 25.7 Å². The molecule has 7 nitrogen and oxygen atoms in total. The Morgan fingerprint density at radius 3 is 1.79 bits per heavy atom. The van der Waals surface area contributed by atoms with Crippen molar-refractivity contribution in [3.05, 3.63) is 130 Å². The van der Waals surface area contributed by atoms with E-state index in [2.05, 4.69) is 29.6 Å². The standard InChI is InChI=1S/C35H28N2O5/c1-19-11-12-20(2)27(17-19)36-28(38)18-42-35(41)21-13-15-22(16-14-21)37-33(39)31-29-23-7-3-4-8-24(23)30(32(31)34(37)40)26-10-6-5-9-25(26)29/h3-17,29-32H,18H2,1-2H3,(H,36,38)/t29?,30?,31-,32+. The molecule has 8 rings (SSSR count). The van der Waals surface area contributed by atoms with Gasteiger partial charge < -0.3 is 10.1 Å². The van der Waals surface area contributed by atoms with E-state index >= 15 is 0 Å². The molecule has 1 fully saturated rings. The number of hydrogen-bond acceptors (Lipinski definition) is 5. The molecular weight excluding hydrogens is 528 g/mol. The molecule has 0 saturated carbocycles. The van der Waals surface area contributed by atoms with E-state index in [1.54, 1.807) is 12.1 Å². The zero-order valence-electron chi connectivity index (χ0n) is 23.2. The number of anilines is 2. The molecule has 4 aromatic carbocycles. The van der Waals surface area contributed by atoms with Crippen LogP contribution >= 0.6 is 0 Å². The minimum Gasteiger partial charge on any atom is -0.452 e. The Morgan fingerprint density at radius 2 is 1.26 bits per heavy atom. The van der Waals surface area contributed by atoms with Crippen LogP contribution in [0.2, 0.25) is 0 Å². The number of ether oxygens (including phenoxy) is 1. The van der Waals surface area contributed by atoms with Gasteiger partial charge in [-0.05, 0) is 77.6 Å².